The molecular formula is C20H23BrN2O4S. The second kappa shape index (κ2) is 8.63. The smallest absolute Gasteiger partial charge is 0.259 e. The molecule has 1 heterocycles. The standard InChI is InChI=1S/C20H23BrN2O4S/c1-14-9-11-23(12-10-14)28(25,26)17-7-8-19(27-2)18(13-17)20(24)22-16-5-3-15(21)4-6-16/h3-8,13-14H,9-12H2,1-2H3,(H,22,24). The predicted octanol–water partition coefficient (Wildman–Crippen LogP) is 4.13. The van der Waals surface area contributed by atoms with Gasteiger partial charge in [0.25, 0.3) is 5.91 Å². The molecule has 6 nitrogen and oxygen atoms in total. The summed E-state index contributed by atoms with van der Waals surface area (Å²) in [5.41, 5.74) is 0.783. The molecule has 0 saturated carbocycles. The van der Waals surface area contributed by atoms with Crippen LogP contribution in [0.1, 0.15) is 30.1 Å². The number of halogens is 1. The Kier molecular flexibility index (Phi) is 6.42. The first-order chi connectivity index (χ1) is 13.3. The van der Waals surface area contributed by atoms with Crippen LogP contribution in [0.25, 0.3) is 0 Å². The van der Waals surface area contributed by atoms with Crippen molar-refractivity contribution in [2.75, 3.05) is 25.5 Å². The third kappa shape index (κ3) is 4.56. The molecule has 1 N–H and O–H groups in total. The van der Waals surface area contributed by atoms with Gasteiger partial charge in [-0.3, -0.25) is 4.79 Å². The lowest BCUT2D eigenvalue weighted by molar-refractivity contribution is 0.102. The van der Waals surface area contributed by atoms with E-state index in [2.05, 4.69) is 28.2 Å². The number of methoxy groups -OCH3 is 1. The third-order valence-electron chi connectivity index (χ3n) is 4.90. The van der Waals surface area contributed by atoms with Crippen molar-refractivity contribution < 1.29 is 17.9 Å². The number of amides is 1. The number of nitrogens with one attached hydrogen (secondary N) is 1. The van der Waals surface area contributed by atoms with Crippen LogP contribution in [0.3, 0.4) is 0 Å². The number of sulfonamides is 1. The van der Waals surface area contributed by atoms with Crippen molar-refractivity contribution >= 4 is 37.5 Å². The van der Waals surface area contributed by atoms with Crippen molar-refractivity contribution in [3.05, 3.63) is 52.5 Å². The lowest BCUT2D eigenvalue weighted by Gasteiger charge is -2.29. The Morgan fingerprint density at radius 1 is 1.14 bits per heavy atom. The number of ether oxygens (including phenoxy) is 1. The van der Waals surface area contributed by atoms with E-state index >= 15 is 0 Å². The van der Waals surface area contributed by atoms with Gasteiger partial charge in [0.15, 0.2) is 0 Å². The summed E-state index contributed by atoms with van der Waals surface area (Å²) in [5, 5.41) is 2.78. The molecule has 1 fully saturated rings. The highest BCUT2D eigenvalue weighted by Crippen LogP contribution is 2.28. The van der Waals surface area contributed by atoms with Crippen LogP contribution in [0, 0.1) is 5.92 Å². The van der Waals surface area contributed by atoms with Crippen LogP contribution in [0.2, 0.25) is 0 Å². The molecule has 1 aliphatic rings. The number of hydrogen-bond donors (Lipinski definition) is 1. The van der Waals surface area contributed by atoms with Crippen molar-refractivity contribution in [1.82, 2.24) is 4.31 Å². The fourth-order valence-corrected chi connectivity index (χ4v) is 4.89. The van der Waals surface area contributed by atoms with Gasteiger partial charge >= 0.3 is 0 Å². The fraction of sp³-hybridized carbons (Fsp3) is 0.350. The van der Waals surface area contributed by atoms with Crippen LogP contribution in [0.4, 0.5) is 5.69 Å². The summed E-state index contributed by atoms with van der Waals surface area (Å²) in [6, 6.07) is 11.5. The van der Waals surface area contributed by atoms with Crippen LogP contribution in [-0.2, 0) is 10.0 Å². The van der Waals surface area contributed by atoms with Crippen LogP contribution in [-0.4, -0.2) is 38.8 Å². The summed E-state index contributed by atoms with van der Waals surface area (Å²) in [7, 11) is -2.20. The lowest BCUT2D eigenvalue weighted by Crippen LogP contribution is -2.37. The Labute approximate surface area is 174 Å². The molecule has 2 aromatic carbocycles. The van der Waals surface area contributed by atoms with Gasteiger partial charge in [-0.25, -0.2) is 8.42 Å². The molecular weight excluding hydrogens is 444 g/mol. The summed E-state index contributed by atoms with van der Waals surface area (Å²) >= 11 is 3.35. The molecule has 0 bridgehead atoms. The van der Waals surface area contributed by atoms with Crippen molar-refractivity contribution in [3.8, 4) is 5.75 Å². The molecule has 0 unspecified atom stereocenters. The molecule has 8 heteroatoms. The highest BCUT2D eigenvalue weighted by molar-refractivity contribution is 9.10. The molecule has 1 aliphatic heterocycles. The number of benzene rings is 2. The first-order valence-corrected chi connectivity index (χ1v) is 11.3. The number of anilines is 1. The number of rotatable bonds is 5. The second-order valence-electron chi connectivity index (χ2n) is 6.91. The zero-order valence-electron chi connectivity index (χ0n) is 15.8. The minimum Gasteiger partial charge on any atom is -0.496 e. The monoisotopic (exact) mass is 466 g/mol. The summed E-state index contributed by atoms with van der Waals surface area (Å²) < 4.78 is 33.7. The number of carbonyl (C=O) groups excluding carboxylic acids is 1. The lowest BCUT2D eigenvalue weighted by atomic mass is 10.0. The molecule has 2 aromatic rings. The van der Waals surface area contributed by atoms with Crippen LogP contribution >= 0.6 is 15.9 Å². The summed E-state index contributed by atoms with van der Waals surface area (Å²) in [4.78, 5) is 12.9. The molecule has 3 rings (SSSR count). The Balaban J connectivity index is 1.89. The molecule has 0 aliphatic carbocycles. The van der Waals surface area contributed by atoms with E-state index in [1.54, 1.807) is 12.1 Å². The highest BCUT2D eigenvalue weighted by atomic mass is 79.9. The number of hydrogen-bond acceptors (Lipinski definition) is 4. The summed E-state index contributed by atoms with van der Waals surface area (Å²) in [6.45, 7) is 3.12. The van der Waals surface area contributed by atoms with Gasteiger partial charge in [-0.1, -0.05) is 22.9 Å². The SMILES string of the molecule is COc1ccc(S(=O)(=O)N2CCC(C)CC2)cc1C(=O)Nc1ccc(Br)cc1. The molecule has 150 valence electrons. The first kappa shape index (κ1) is 20.8. The van der Waals surface area contributed by atoms with E-state index in [-0.39, 0.29) is 10.5 Å². The van der Waals surface area contributed by atoms with Crippen molar-refractivity contribution in [2.24, 2.45) is 5.92 Å². The van der Waals surface area contributed by atoms with Gasteiger partial charge in [-0.15, -0.1) is 0 Å². The molecule has 0 aromatic heterocycles. The largest absolute Gasteiger partial charge is 0.496 e. The zero-order valence-corrected chi connectivity index (χ0v) is 18.2. The maximum absolute atomic E-state index is 13.0. The van der Waals surface area contributed by atoms with E-state index in [1.165, 1.54) is 29.6 Å². The van der Waals surface area contributed by atoms with Crippen LogP contribution in [0.15, 0.2) is 51.8 Å². The van der Waals surface area contributed by atoms with E-state index in [1.807, 2.05) is 12.1 Å². The maximum Gasteiger partial charge on any atom is 0.259 e. The van der Waals surface area contributed by atoms with E-state index in [0.29, 0.717) is 30.4 Å². The van der Waals surface area contributed by atoms with Crippen molar-refractivity contribution in [2.45, 2.75) is 24.7 Å². The Bertz CT molecular complexity index is 953. The number of nitrogens with zero attached hydrogens (tertiary/aromatic N) is 1. The quantitative estimate of drug-likeness (QED) is 0.718. The van der Waals surface area contributed by atoms with Gasteiger partial charge in [0, 0.05) is 23.2 Å². The van der Waals surface area contributed by atoms with Gasteiger partial charge in [0.1, 0.15) is 5.75 Å². The predicted molar refractivity (Wildman–Crippen MR) is 112 cm³/mol. The average Bonchev–Trinajstić information content (AvgIpc) is 2.69. The van der Waals surface area contributed by atoms with Gasteiger partial charge in [0.2, 0.25) is 10.0 Å². The Morgan fingerprint density at radius 3 is 2.39 bits per heavy atom. The summed E-state index contributed by atoms with van der Waals surface area (Å²) in [5.74, 6) is 0.416. The van der Waals surface area contributed by atoms with Gasteiger partial charge < -0.3 is 10.1 Å². The third-order valence-corrected chi connectivity index (χ3v) is 7.32. The normalized spacial score (nSPS) is 16.0. The summed E-state index contributed by atoms with van der Waals surface area (Å²) in [6.07, 6.45) is 1.68. The number of piperidine rings is 1. The number of carbonyl (C=O) groups is 1. The topological polar surface area (TPSA) is 75.7 Å². The van der Waals surface area contributed by atoms with E-state index in [9.17, 15) is 13.2 Å². The van der Waals surface area contributed by atoms with Gasteiger partial charge in [-0.05, 0) is 61.2 Å². The van der Waals surface area contributed by atoms with Gasteiger partial charge in [-0.2, -0.15) is 4.31 Å². The average molecular weight is 467 g/mol. The molecule has 0 atom stereocenters. The molecule has 28 heavy (non-hydrogen) atoms. The van der Waals surface area contributed by atoms with Crippen molar-refractivity contribution in [1.29, 1.82) is 0 Å². The van der Waals surface area contributed by atoms with Gasteiger partial charge in [0.05, 0.1) is 17.6 Å². The van der Waals surface area contributed by atoms with Crippen LogP contribution in [0.5, 0.6) is 5.75 Å². The first-order valence-electron chi connectivity index (χ1n) is 9.06. The molecule has 0 spiro atoms. The maximum atomic E-state index is 13.0. The van der Waals surface area contributed by atoms with Crippen LogP contribution < -0.4 is 10.1 Å². The van der Waals surface area contributed by atoms with E-state index in [4.69, 9.17) is 4.74 Å². The molecule has 0 radical (unpaired) electrons. The zero-order chi connectivity index (χ0) is 20.3. The Hall–Kier alpha value is -1.90. The second-order valence-corrected chi connectivity index (χ2v) is 9.76. The van der Waals surface area contributed by atoms with E-state index in [0.717, 1.165) is 17.3 Å². The minimum absolute atomic E-state index is 0.101. The molecule has 1 saturated heterocycles. The van der Waals surface area contributed by atoms with Crippen molar-refractivity contribution in [3.63, 3.8) is 0 Å². The fourth-order valence-electron chi connectivity index (χ4n) is 3.13. The minimum atomic E-state index is -3.65. The highest BCUT2D eigenvalue weighted by Gasteiger charge is 2.29. The molecule has 1 amide bonds. The Morgan fingerprint density at radius 2 is 1.79 bits per heavy atom. The van der Waals surface area contributed by atoms with E-state index < -0.39 is 15.9 Å².